The van der Waals surface area contributed by atoms with Crippen LogP contribution < -0.4 is 0 Å². The summed E-state index contributed by atoms with van der Waals surface area (Å²) >= 11 is 18.0. The van der Waals surface area contributed by atoms with Crippen molar-refractivity contribution in [2.45, 2.75) is 6.61 Å². The van der Waals surface area contributed by atoms with Crippen molar-refractivity contribution >= 4 is 52.2 Å². The van der Waals surface area contributed by atoms with Gasteiger partial charge in [0.05, 0.1) is 10.5 Å². The van der Waals surface area contributed by atoms with Crippen LogP contribution >= 0.6 is 34.8 Å². The molecule has 0 saturated carbocycles. The lowest BCUT2D eigenvalue weighted by Crippen LogP contribution is -2.13. The second-order valence-corrected chi connectivity index (χ2v) is 7.30. The van der Waals surface area contributed by atoms with Gasteiger partial charge in [0.1, 0.15) is 11.6 Å². The van der Waals surface area contributed by atoms with Gasteiger partial charge in [0.15, 0.2) is 5.78 Å². The molecule has 30 heavy (non-hydrogen) atoms. The van der Waals surface area contributed by atoms with E-state index in [1.165, 1.54) is 24.3 Å². The summed E-state index contributed by atoms with van der Waals surface area (Å²) in [6.07, 6.45) is 0. The van der Waals surface area contributed by atoms with E-state index in [0.717, 1.165) is 6.07 Å². The zero-order valence-corrected chi connectivity index (χ0v) is 17.4. The van der Waals surface area contributed by atoms with Gasteiger partial charge in [0, 0.05) is 32.8 Å². The summed E-state index contributed by atoms with van der Waals surface area (Å²) in [7, 11) is 0. The third-order valence-corrected chi connectivity index (χ3v) is 5.23. The van der Waals surface area contributed by atoms with E-state index in [1.54, 1.807) is 30.3 Å². The van der Waals surface area contributed by atoms with Crippen LogP contribution in [0.2, 0.25) is 15.1 Å². The number of esters is 1. The number of hydrogen-bond acceptors (Lipinski definition) is 5. The van der Waals surface area contributed by atoms with Crippen LogP contribution in [0.25, 0.3) is 0 Å². The maximum Gasteiger partial charge on any atom is 0.339 e. The van der Waals surface area contributed by atoms with Gasteiger partial charge in [-0.15, -0.1) is 0 Å². The molecule has 0 amide bonds. The predicted molar refractivity (Wildman–Crippen MR) is 114 cm³/mol. The molecule has 0 saturated heterocycles. The zero-order valence-electron chi connectivity index (χ0n) is 15.1. The Morgan fingerprint density at radius 3 is 2.13 bits per heavy atom. The van der Waals surface area contributed by atoms with Crippen molar-refractivity contribution in [3.63, 3.8) is 0 Å². The largest absolute Gasteiger partial charge is 0.457 e. The van der Waals surface area contributed by atoms with Gasteiger partial charge in [-0.3, -0.25) is 14.9 Å². The Morgan fingerprint density at radius 2 is 1.50 bits per heavy atom. The van der Waals surface area contributed by atoms with Crippen molar-refractivity contribution in [1.82, 2.24) is 0 Å². The molecular weight excluding hydrogens is 453 g/mol. The van der Waals surface area contributed by atoms with E-state index in [1.807, 2.05) is 0 Å². The highest BCUT2D eigenvalue weighted by Crippen LogP contribution is 2.28. The van der Waals surface area contributed by atoms with Crippen molar-refractivity contribution < 1.29 is 19.2 Å². The quantitative estimate of drug-likeness (QED) is 0.189. The van der Waals surface area contributed by atoms with Crippen molar-refractivity contribution in [1.29, 1.82) is 0 Å². The predicted octanol–water partition coefficient (Wildman–Crippen LogP) is 6.14. The van der Waals surface area contributed by atoms with E-state index in [4.69, 9.17) is 39.5 Å². The Kier molecular flexibility index (Phi) is 6.72. The molecule has 0 unspecified atom stereocenters. The number of ketones is 1. The average molecular weight is 465 g/mol. The van der Waals surface area contributed by atoms with Crippen LogP contribution in [0.15, 0.2) is 60.7 Å². The minimum Gasteiger partial charge on any atom is -0.457 e. The van der Waals surface area contributed by atoms with Crippen LogP contribution in [0.1, 0.15) is 31.8 Å². The molecule has 9 heteroatoms. The molecule has 0 aromatic heterocycles. The number of carbonyl (C=O) groups excluding carboxylic acids is 2. The molecular formula is C21H12Cl3NO5. The first-order chi connectivity index (χ1) is 14.3. The molecule has 3 aromatic carbocycles. The van der Waals surface area contributed by atoms with Crippen LogP contribution in [0.5, 0.6) is 0 Å². The number of ether oxygens (including phenoxy) is 1. The van der Waals surface area contributed by atoms with Gasteiger partial charge in [-0.25, -0.2) is 4.79 Å². The first kappa shape index (κ1) is 21.8. The second-order valence-electron chi connectivity index (χ2n) is 6.07. The molecule has 152 valence electrons. The Balaban J connectivity index is 1.89. The van der Waals surface area contributed by atoms with E-state index in [-0.39, 0.29) is 28.3 Å². The average Bonchev–Trinajstić information content (AvgIpc) is 2.73. The fourth-order valence-corrected chi connectivity index (χ4v) is 3.39. The highest BCUT2D eigenvalue weighted by Gasteiger charge is 2.22. The first-order valence-electron chi connectivity index (χ1n) is 8.47. The molecule has 6 nitrogen and oxygen atoms in total. The van der Waals surface area contributed by atoms with Crippen LogP contribution in [-0.2, 0) is 11.3 Å². The number of nitrogens with zero attached hydrogens (tertiary/aromatic N) is 1. The number of rotatable bonds is 6. The van der Waals surface area contributed by atoms with Gasteiger partial charge in [0.2, 0.25) is 0 Å². The molecule has 0 spiro atoms. The van der Waals surface area contributed by atoms with Crippen molar-refractivity contribution in [3.05, 3.63) is 108 Å². The van der Waals surface area contributed by atoms with E-state index in [2.05, 4.69) is 0 Å². The topological polar surface area (TPSA) is 86.5 Å². The molecule has 0 atom stereocenters. The number of halogens is 3. The summed E-state index contributed by atoms with van der Waals surface area (Å²) in [6, 6.07) is 14.6. The highest BCUT2D eigenvalue weighted by atomic mass is 35.5. The summed E-state index contributed by atoms with van der Waals surface area (Å²) < 4.78 is 5.29. The standard InChI is InChI=1S/C21H12Cl3NO5/c22-16-6-3-7-17(23)15(16)11-30-21(27)14-5-2-1-4-13(14)20(26)12-8-9-18(24)19(10-12)25(28)29/h1-10H,11H2. The molecule has 3 rings (SSSR count). The van der Waals surface area contributed by atoms with Crippen LogP contribution in [-0.4, -0.2) is 16.7 Å². The van der Waals surface area contributed by atoms with Crippen molar-refractivity contribution in [3.8, 4) is 0 Å². The zero-order chi connectivity index (χ0) is 21.8. The Bertz CT molecular complexity index is 1140. The maximum absolute atomic E-state index is 12.9. The summed E-state index contributed by atoms with van der Waals surface area (Å²) in [5.41, 5.74) is 0.0791. The smallest absolute Gasteiger partial charge is 0.339 e. The molecule has 0 N–H and O–H groups in total. The van der Waals surface area contributed by atoms with Crippen LogP contribution in [0.4, 0.5) is 5.69 Å². The molecule has 0 aliphatic heterocycles. The molecule has 3 aromatic rings. The third-order valence-electron chi connectivity index (χ3n) is 4.21. The van der Waals surface area contributed by atoms with E-state index >= 15 is 0 Å². The summed E-state index contributed by atoms with van der Waals surface area (Å²) in [5.74, 6) is -1.35. The molecule has 0 aliphatic rings. The number of nitro groups is 1. The van der Waals surface area contributed by atoms with Gasteiger partial charge < -0.3 is 4.74 Å². The van der Waals surface area contributed by atoms with Crippen LogP contribution in [0, 0.1) is 10.1 Å². The Hall–Kier alpha value is -2.93. The summed E-state index contributed by atoms with van der Waals surface area (Å²) in [5, 5.41) is 11.7. The SMILES string of the molecule is O=C(OCc1c(Cl)cccc1Cl)c1ccccc1C(=O)c1ccc(Cl)c([N+](=O)[O-])c1. The fourth-order valence-electron chi connectivity index (χ4n) is 2.69. The molecule has 0 aliphatic carbocycles. The normalized spacial score (nSPS) is 10.5. The monoisotopic (exact) mass is 463 g/mol. The number of nitro benzene ring substituents is 1. The van der Waals surface area contributed by atoms with Gasteiger partial charge in [-0.05, 0) is 30.3 Å². The number of hydrogen-bond donors (Lipinski definition) is 0. The van der Waals surface area contributed by atoms with Gasteiger partial charge in [0.25, 0.3) is 5.69 Å². The lowest BCUT2D eigenvalue weighted by Gasteiger charge is -2.11. The van der Waals surface area contributed by atoms with Gasteiger partial charge >= 0.3 is 5.97 Å². The first-order valence-corrected chi connectivity index (χ1v) is 9.60. The van der Waals surface area contributed by atoms with Crippen molar-refractivity contribution in [2.24, 2.45) is 0 Å². The summed E-state index contributed by atoms with van der Waals surface area (Å²) in [4.78, 5) is 36.0. The fraction of sp³-hybridized carbons (Fsp3) is 0.0476. The Morgan fingerprint density at radius 1 is 0.867 bits per heavy atom. The van der Waals surface area contributed by atoms with Crippen molar-refractivity contribution in [2.75, 3.05) is 0 Å². The third kappa shape index (κ3) is 4.62. The second kappa shape index (κ2) is 9.26. The highest BCUT2D eigenvalue weighted by molar-refractivity contribution is 6.36. The number of benzene rings is 3. The lowest BCUT2D eigenvalue weighted by molar-refractivity contribution is -0.384. The molecule has 0 fully saturated rings. The van der Waals surface area contributed by atoms with E-state index < -0.39 is 22.4 Å². The molecule has 0 bridgehead atoms. The Labute approximate surface area is 186 Å². The molecule has 0 radical (unpaired) electrons. The maximum atomic E-state index is 12.9. The van der Waals surface area contributed by atoms with E-state index in [0.29, 0.717) is 15.6 Å². The summed E-state index contributed by atoms with van der Waals surface area (Å²) in [6.45, 7) is -0.188. The minimum absolute atomic E-state index is 0.00304. The minimum atomic E-state index is -0.765. The number of carbonyl (C=O) groups is 2. The van der Waals surface area contributed by atoms with Crippen LogP contribution in [0.3, 0.4) is 0 Å². The van der Waals surface area contributed by atoms with E-state index in [9.17, 15) is 19.7 Å². The van der Waals surface area contributed by atoms with Gasteiger partial charge in [-0.2, -0.15) is 0 Å². The van der Waals surface area contributed by atoms with Gasteiger partial charge in [-0.1, -0.05) is 59.1 Å². The lowest BCUT2D eigenvalue weighted by atomic mass is 9.98. The molecule has 0 heterocycles.